The predicted octanol–water partition coefficient (Wildman–Crippen LogP) is 1.88. The molecule has 1 aliphatic heterocycles. The van der Waals surface area contributed by atoms with Crippen molar-refractivity contribution in [2.75, 3.05) is 20.1 Å². The molecule has 5 heteroatoms. The van der Waals surface area contributed by atoms with E-state index in [1.165, 1.54) is 12.4 Å². The van der Waals surface area contributed by atoms with Gasteiger partial charge in [-0.2, -0.15) is 0 Å². The van der Waals surface area contributed by atoms with Gasteiger partial charge in [0.1, 0.15) is 11.2 Å². The Morgan fingerprint density at radius 2 is 2.25 bits per heavy atom. The maximum absolute atomic E-state index is 13.8. The number of hydrogen-bond acceptors (Lipinski definition) is 3. The minimum absolute atomic E-state index is 0.0409. The van der Waals surface area contributed by atoms with Crippen LogP contribution in [0.25, 0.3) is 10.9 Å². The number of aromatic nitrogens is 2. The standard InChI is InChI=1S/C15H18FN3O/c1-15(6-7-18(2)8-15)9-19-10-17-12-5-3-4-11(16)13(12)14(19)20/h3-5,10H,6-9H2,1-2H3. The van der Waals surface area contributed by atoms with Crippen molar-refractivity contribution < 1.29 is 4.39 Å². The normalized spacial score (nSPS) is 23.6. The third-order valence-corrected chi connectivity index (χ3v) is 4.10. The molecule has 0 N–H and O–H groups in total. The molecule has 1 aromatic heterocycles. The van der Waals surface area contributed by atoms with Crippen molar-refractivity contribution in [1.82, 2.24) is 14.5 Å². The molecule has 1 unspecified atom stereocenters. The molecule has 2 aromatic rings. The van der Waals surface area contributed by atoms with Crippen molar-refractivity contribution >= 4 is 10.9 Å². The first-order chi connectivity index (χ1) is 9.48. The van der Waals surface area contributed by atoms with Gasteiger partial charge in [0.2, 0.25) is 0 Å². The summed E-state index contributed by atoms with van der Waals surface area (Å²) in [6, 6.07) is 4.54. The number of likely N-dealkylation sites (tertiary alicyclic amines) is 1. The molecule has 1 fully saturated rings. The summed E-state index contributed by atoms with van der Waals surface area (Å²) in [5, 5.41) is 0.0879. The van der Waals surface area contributed by atoms with Crippen LogP contribution in [-0.2, 0) is 6.54 Å². The number of rotatable bonds is 2. The van der Waals surface area contributed by atoms with Crippen LogP contribution in [0, 0.1) is 11.2 Å². The van der Waals surface area contributed by atoms with E-state index >= 15 is 0 Å². The third-order valence-electron chi connectivity index (χ3n) is 4.10. The van der Waals surface area contributed by atoms with Gasteiger partial charge in [-0.1, -0.05) is 13.0 Å². The zero-order valence-corrected chi connectivity index (χ0v) is 11.8. The summed E-state index contributed by atoms with van der Waals surface area (Å²) < 4.78 is 15.4. The van der Waals surface area contributed by atoms with E-state index in [1.807, 2.05) is 0 Å². The van der Waals surface area contributed by atoms with Gasteiger partial charge >= 0.3 is 0 Å². The van der Waals surface area contributed by atoms with Crippen LogP contribution in [0.15, 0.2) is 29.3 Å². The molecular formula is C15H18FN3O. The van der Waals surface area contributed by atoms with E-state index < -0.39 is 5.82 Å². The Kier molecular flexibility index (Phi) is 3.09. The minimum Gasteiger partial charge on any atom is -0.306 e. The second-order valence-corrected chi connectivity index (χ2v) is 6.11. The molecule has 0 saturated carbocycles. The molecule has 2 heterocycles. The highest BCUT2D eigenvalue weighted by Crippen LogP contribution is 2.30. The van der Waals surface area contributed by atoms with Crippen molar-refractivity contribution in [2.45, 2.75) is 19.9 Å². The van der Waals surface area contributed by atoms with Crippen LogP contribution < -0.4 is 5.56 Å². The highest BCUT2D eigenvalue weighted by Gasteiger charge is 2.32. The Bertz CT molecular complexity index is 712. The van der Waals surface area contributed by atoms with Gasteiger partial charge in [0.05, 0.1) is 11.8 Å². The lowest BCUT2D eigenvalue weighted by atomic mass is 9.90. The summed E-state index contributed by atoms with van der Waals surface area (Å²) in [5.74, 6) is -0.497. The molecule has 1 atom stereocenters. The molecule has 0 spiro atoms. The quantitative estimate of drug-likeness (QED) is 0.840. The molecule has 0 bridgehead atoms. The Morgan fingerprint density at radius 3 is 2.95 bits per heavy atom. The average Bonchev–Trinajstić information content (AvgIpc) is 2.73. The predicted molar refractivity (Wildman–Crippen MR) is 76.2 cm³/mol. The Morgan fingerprint density at radius 1 is 1.45 bits per heavy atom. The minimum atomic E-state index is -0.497. The van der Waals surface area contributed by atoms with Gasteiger partial charge in [-0.15, -0.1) is 0 Å². The van der Waals surface area contributed by atoms with Gasteiger partial charge in [0, 0.05) is 13.1 Å². The van der Waals surface area contributed by atoms with Crippen molar-refractivity contribution in [3.8, 4) is 0 Å². The highest BCUT2D eigenvalue weighted by molar-refractivity contribution is 5.77. The first-order valence-electron chi connectivity index (χ1n) is 6.81. The summed E-state index contributed by atoms with van der Waals surface area (Å²) in [4.78, 5) is 18.9. The molecule has 0 radical (unpaired) electrons. The number of fused-ring (bicyclic) bond motifs is 1. The van der Waals surface area contributed by atoms with Crippen LogP contribution in [0.2, 0.25) is 0 Å². The van der Waals surface area contributed by atoms with Crippen LogP contribution >= 0.6 is 0 Å². The number of hydrogen-bond donors (Lipinski definition) is 0. The monoisotopic (exact) mass is 275 g/mol. The van der Waals surface area contributed by atoms with Gasteiger partial charge in [0.25, 0.3) is 5.56 Å². The lowest BCUT2D eigenvalue weighted by molar-refractivity contribution is 0.265. The summed E-state index contributed by atoms with van der Waals surface area (Å²) >= 11 is 0. The van der Waals surface area contributed by atoms with Gasteiger partial charge in [-0.3, -0.25) is 9.36 Å². The van der Waals surface area contributed by atoms with Crippen LogP contribution in [0.5, 0.6) is 0 Å². The smallest absolute Gasteiger partial charge is 0.264 e. The fourth-order valence-corrected chi connectivity index (χ4v) is 3.08. The van der Waals surface area contributed by atoms with E-state index in [0.717, 1.165) is 19.5 Å². The topological polar surface area (TPSA) is 38.1 Å². The zero-order chi connectivity index (χ0) is 14.3. The van der Waals surface area contributed by atoms with E-state index in [2.05, 4.69) is 23.9 Å². The van der Waals surface area contributed by atoms with Crippen molar-refractivity contribution in [3.63, 3.8) is 0 Å². The molecule has 0 aliphatic carbocycles. The molecule has 0 amide bonds. The second-order valence-electron chi connectivity index (χ2n) is 6.11. The summed E-state index contributed by atoms with van der Waals surface area (Å²) in [7, 11) is 2.08. The van der Waals surface area contributed by atoms with E-state index in [9.17, 15) is 9.18 Å². The Labute approximate surface area is 116 Å². The van der Waals surface area contributed by atoms with Crippen LogP contribution in [0.1, 0.15) is 13.3 Å². The molecular weight excluding hydrogens is 257 g/mol. The first-order valence-corrected chi connectivity index (χ1v) is 6.81. The number of nitrogens with zero attached hydrogens (tertiary/aromatic N) is 3. The molecule has 106 valence electrons. The molecule has 1 saturated heterocycles. The Hall–Kier alpha value is -1.75. The van der Waals surface area contributed by atoms with Crippen molar-refractivity contribution in [3.05, 3.63) is 40.7 Å². The number of benzene rings is 1. The van der Waals surface area contributed by atoms with Crippen LogP contribution in [0.4, 0.5) is 4.39 Å². The second kappa shape index (κ2) is 4.66. The van der Waals surface area contributed by atoms with Crippen molar-refractivity contribution in [1.29, 1.82) is 0 Å². The van der Waals surface area contributed by atoms with E-state index in [4.69, 9.17) is 0 Å². The fraction of sp³-hybridized carbons (Fsp3) is 0.467. The summed E-state index contributed by atoms with van der Waals surface area (Å²) in [5.41, 5.74) is 0.169. The molecule has 20 heavy (non-hydrogen) atoms. The van der Waals surface area contributed by atoms with E-state index in [1.54, 1.807) is 16.7 Å². The summed E-state index contributed by atoms with van der Waals surface area (Å²) in [6.07, 6.45) is 2.57. The van der Waals surface area contributed by atoms with Gasteiger partial charge < -0.3 is 4.90 Å². The van der Waals surface area contributed by atoms with Crippen molar-refractivity contribution in [2.24, 2.45) is 5.41 Å². The highest BCUT2D eigenvalue weighted by atomic mass is 19.1. The van der Waals surface area contributed by atoms with Crippen LogP contribution in [-0.4, -0.2) is 34.6 Å². The molecule has 4 nitrogen and oxygen atoms in total. The zero-order valence-electron chi connectivity index (χ0n) is 11.8. The van der Waals surface area contributed by atoms with Gasteiger partial charge in [0.15, 0.2) is 0 Å². The first kappa shape index (κ1) is 13.2. The van der Waals surface area contributed by atoms with E-state index in [-0.39, 0.29) is 16.4 Å². The lowest BCUT2D eigenvalue weighted by Crippen LogP contribution is -2.32. The largest absolute Gasteiger partial charge is 0.306 e. The fourth-order valence-electron chi connectivity index (χ4n) is 3.08. The molecule has 3 rings (SSSR count). The maximum Gasteiger partial charge on any atom is 0.264 e. The third kappa shape index (κ3) is 2.22. The van der Waals surface area contributed by atoms with Gasteiger partial charge in [-0.25, -0.2) is 9.37 Å². The molecule has 1 aromatic carbocycles. The Balaban J connectivity index is 2.03. The number of halogens is 1. The lowest BCUT2D eigenvalue weighted by Gasteiger charge is -2.24. The summed E-state index contributed by atoms with van der Waals surface area (Å²) in [6.45, 7) is 4.71. The molecule has 1 aliphatic rings. The van der Waals surface area contributed by atoms with Gasteiger partial charge in [-0.05, 0) is 37.6 Å². The van der Waals surface area contributed by atoms with Crippen LogP contribution in [0.3, 0.4) is 0 Å². The SMILES string of the molecule is CN1CCC(C)(Cn2cnc3cccc(F)c3c2=O)C1. The average molecular weight is 275 g/mol. The maximum atomic E-state index is 13.8. The van der Waals surface area contributed by atoms with E-state index in [0.29, 0.717) is 12.1 Å².